The highest BCUT2D eigenvalue weighted by Gasteiger charge is 2.08. The van der Waals surface area contributed by atoms with Crippen molar-refractivity contribution < 1.29 is 4.74 Å². The summed E-state index contributed by atoms with van der Waals surface area (Å²) in [7, 11) is 3.81. The van der Waals surface area contributed by atoms with Crippen LogP contribution in [0.3, 0.4) is 0 Å². The molecule has 0 aliphatic heterocycles. The molecular weight excluding hydrogens is 459 g/mol. The Kier molecular flexibility index (Phi) is 10.1. The number of guanidine groups is 1. The highest BCUT2D eigenvalue weighted by atomic mass is 127. The lowest BCUT2D eigenvalue weighted by Gasteiger charge is -2.21. The molecule has 140 valence electrons. The summed E-state index contributed by atoms with van der Waals surface area (Å²) in [5.41, 5.74) is 2.30. The van der Waals surface area contributed by atoms with Crippen LogP contribution in [-0.4, -0.2) is 43.1 Å². The van der Waals surface area contributed by atoms with E-state index >= 15 is 0 Å². The molecule has 1 heterocycles. The third-order valence-electron chi connectivity index (χ3n) is 3.58. The molecule has 0 amide bonds. The normalized spacial score (nSPS) is 10.6. The number of terminal acetylenes is 1. The van der Waals surface area contributed by atoms with E-state index in [4.69, 9.17) is 11.2 Å². The second-order valence-corrected chi connectivity index (χ2v) is 6.64. The van der Waals surface area contributed by atoms with E-state index in [2.05, 4.69) is 43.6 Å². The predicted molar refractivity (Wildman–Crippen MR) is 120 cm³/mol. The maximum Gasteiger partial charge on any atom is 0.193 e. The minimum atomic E-state index is 0. The molecule has 2 aromatic rings. The Balaban J connectivity index is 0.00000338. The van der Waals surface area contributed by atoms with Crippen LogP contribution in [0.1, 0.15) is 16.3 Å². The number of nitrogens with zero attached hydrogens (tertiary/aromatic N) is 3. The molecular formula is C19H25IN4OS. The van der Waals surface area contributed by atoms with Gasteiger partial charge in [-0.25, -0.2) is 4.98 Å². The standard InChI is InChI=1S/C19H24N4OS.HI/c1-5-12-24-18-8-6-16(7-9-18)10-11-21-19(20-3)23(4)13-17-14-25-15(2)22-17;/h1,6-9,14H,10-13H2,2-4H3,(H,20,21);1H. The van der Waals surface area contributed by atoms with Crippen LogP contribution in [-0.2, 0) is 13.0 Å². The predicted octanol–water partition coefficient (Wildman–Crippen LogP) is 3.33. The molecule has 0 saturated heterocycles. The highest BCUT2D eigenvalue weighted by Crippen LogP contribution is 2.12. The zero-order valence-corrected chi connectivity index (χ0v) is 18.5. The van der Waals surface area contributed by atoms with Crippen molar-refractivity contribution in [1.29, 1.82) is 0 Å². The van der Waals surface area contributed by atoms with Crippen LogP contribution in [0.2, 0.25) is 0 Å². The molecule has 5 nitrogen and oxygen atoms in total. The maximum atomic E-state index is 5.38. The number of aryl methyl sites for hydroxylation is 1. The van der Waals surface area contributed by atoms with Crippen LogP contribution in [0.5, 0.6) is 5.75 Å². The Morgan fingerprint density at radius 1 is 1.38 bits per heavy atom. The molecule has 0 spiro atoms. The van der Waals surface area contributed by atoms with E-state index in [1.165, 1.54) is 5.56 Å². The molecule has 26 heavy (non-hydrogen) atoms. The summed E-state index contributed by atoms with van der Waals surface area (Å²) in [6, 6.07) is 7.99. The number of benzene rings is 1. The fraction of sp³-hybridized carbons (Fsp3) is 0.368. The fourth-order valence-electron chi connectivity index (χ4n) is 2.38. The number of hydrogen-bond acceptors (Lipinski definition) is 4. The summed E-state index contributed by atoms with van der Waals surface area (Å²) in [5.74, 6) is 4.12. The molecule has 1 aromatic carbocycles. The van der Waals surface area contributed by atoms with Crippen LogP contribution >= 0.6 is 35.3 Å². The van der Waals surface area contributed by atoms with Gasteiger partial charge >= 0.3 is 0 Å². The number of aromatic nitrogens is 1. The van der Waals surface area contributed by atoms with Gasteiger partial charge in [0.1, 0.15) is 12.4 Å². The first-order valence-electron chi connectivity index (χ1n) is 8.10. The molecule has 0 unspecified atom stereocenters. The summed E-state index contributed by atoms with van der Waals surface area (Å²) >= 11 is 1.67. The fourth-order valence-corrected chi connectivity index (χ4v) is 2.98. The van der Waals surface area contributed by atoms with Gasteiger partial charge in [0.25, 0.3) is 0 Å². The second kappa shape index (κ2) is 11.8. The summed E-state index contributed by atoms with van der Waals surface area (Å²) in [6.07, 6.45) is 6.09. The summed E-state index contributed by atoms with van der Waals surface area (Å²) < 4.78 is 5.38. The van der Waals surface area contributed by atoms with Gasteiger partial charge in [0.2, 0.25) is 0 Å². The Morgan fingerprint density at radius 2 is 2.12 bits per heavy atom. The van der Waals surface area contributed by atoms with Crippen molar-refractivity contribution >= 4 is 41.3 Å². The van der Waals surface area contributed by atoms with E-state index in [0.717, 1.165) is 41.9 Å². The minimum Gasteiger partial charge on any atom is -0.481 e. The zero-order chi connectivity index (χ0) is 18.1. The lowest BCUT2D eigenvalue weighted by atomic mass is 10.1. The molecule has 0 aliphatic carbocycles. The smallest absolute Gasteiger partial charge is 0.193 e. The Hall–Kier alpha value is -1.79. The minimum absolute atomic E-state index is 0. The first-order valence-corrected chi connectivity index (χ1v) is 8.98. The van der Waals surface area contributed by atoms with Gasteiger partial charge in [-0.3, -0.25) is 4.99 Å². The van der Waals surface area contributed by atoms with Crippen LogP contribution in [0.15, 0.2) is 34.6 Å². The number of ether oxygens (including phenoxy) is 1. The molecule has 0 radical (unpaired) electrons. The summed E-state index contributed by atoms with van der Waals surface area (Å²) in [4.78, 5) is 10.9. The topological polar surface area (TPSA) is 49.8 Å². The molecule has 2 rings (SSSR count). The Morgan fingerprint density at radius 3 is 2.69 bits per heavy atom. The van der Waals surface area contributed by atoms with E-state index in [-0.39, 0.29) is 24.0 Å². The number of aliphatic imine (C=N–C) groups is 1. The van der Waals surface area contributed by atoms with Crippen LogP contribution in [0.4, 0.5) is 0 Å². The van der Waals surface area contributed by atoms with Crippen LogP contribution in [0.25, 0.3) is 0 Å². The third kappa shape index (κ3) is 7.22. The first kappa shape index (κ1) is 22.3. The Labute approximate surface area is 176 Å². The average molecular weight is 484 g/mol. The van der Waals surface area contributed by atoms with Gasteiger partial charge in [-0.1, -0.05) is 18.1 Å². The van der Waals surface area contributed by atoms with E-state index in [1.807, 2.05) is 26.1 Å². The number of hydrogen-bond donors (Lipinski definition) is 1. The van der Waals surface area contributed by atoms with E-state index in [0.29, 0.717) is 6.61 Å². The first-order chi connectivity index (χ1) is 12.1. The lowest BCUT2D eigenvalue weighted by molar-refractivity contribution is 0.370. The van der Waals surface area contributed by atoms with Crippen molar-refractivity contribution in [3.63, 3.8) is 0 Å². The van der Waals surface area contributed by atoms with Gasteiger partial charge in [-0.2, -0.15) is 0 Å². The highest BCUT2D eigenvalue weighted by molar-refractivity contribution is 14.0. The van der Waals surface area contributed by atoms with E-state index < -0.39 is 0 Å². The molecule has 0 atom stereocenters. The van der Waals surface area contributed by atoms with Gasteiger partial charge in [0.15, 0.2) is 5.96 Å². The van der Waals surface area contributed by atoms with Crippen molar-refractivity contribution in [2.24, 2.45) is 4.99 Å². The zero-order valence-electron chi connectivity index (χ0n) is 15.4. The van der Waals surface area contributed by atoms with Crippen molar-refractivity contribution in [1.82, 2.24) is 15.2 Å². The number of nitrogens with one attached hydrogen (secondary N) is 1. The number of rotatable bonds is 7. The Bertz CT molecular complexity index is 737. The lowest BCUT2D eigenvalue weighted by Crippen LogP contribution is -2.39. The molecule has 0 fully saturated rings. The molecule has 0 aliphatic rings. The van der Waals surface area contributed by atoms with Crippen molar-refractivity contribution in [3.8, 4) is 18.1 Å². The molecule has 0 saturated carbocycles. The largest absolute Gasteiger partial charge is 0.481 e. The van der Waals surface area contributed by atoms with Crippen LogP contribution in [0, 0.1) is 19.3 Å². The van der Waals surface area contributed by atoms with Gasteiger partial charge in [-0.05, 0) is 31.0 Å². The SMILES string of the molecule is C#CCOc1ccc(CCNC(=NC)N(C)Cc2csc(C)n2)cc1.I. The van der Waals surface area contributed by atoms with Gasteiger partial charge in [0, 0.05) is 26.0 Å². The van der Waals surface area contributed by atoms with Crippen LogP contribution < -0.4 is 10.1 Å². The number of thiazole rings is 1. The average Bonchev–Trinajstić information content (AvgIpc) is 3.02. The van der Waals surface area contributed by atoms with E-state index in [9.17, 15) is 0 Å². The number of halogens is 1. The molecule has 7 heteroatoms. The quantitative estimate of drug-likeness (QED) is 0.284. The van der Waals surface area contributed by atoms with Gasteiger partial charge in [-0.15, -0.1) is 41.7 Å². The monoisotopic (exact) mass is 484 g/mol. The molecule has 1 aromatic heterocycles. The second-order valence-electron chi connectivity index (χ2n) is 5.57. The van der Waals surface area contributed by atoms with Gasteiger partial charge < -0.3 is 15.0 Å². The van der Waals surface area contributed by atoms with Crippen molar-refractivity contribution in [3.05, 3.63) is 45.9 Å². The molecule has 1 N–H and O–H groups in total. The third-order valence-corrected chi connectivity index (χ3v) is 4.40. The van der Waals surface area contributed by atoms with E-state index in [1.54, 1.807) is 18.4 Å². The van der Waals surface area contributed by atoms with Gasteiger partial charge in [0.05, 0.1) is 17.2 Å². The molecule has 0 bridgehead atoms. The van der Waals surface area contributed by atoms with Crippen molar-refractivity contribution in [2.75, 3.05) is 27.2 Å². The van der Waals surface area contributed by atoms with Crippen molar-refractivity contribution in [2.45, 2.75) is 19.9 Å². The summed E-state index contributed by atoms with van der Waals surface area (Å²) in [6.45, 7) is 3.86. The maximum absolute atomic E-state index is 5.38. The summed E-state index contributed by atoms with van der Waals surface area (Å²) in [5, 5.41) is 6.56.